The number of nitrogens with one attached hydrogen (secondary N) is 1. The molecule has 5 nitrogen and oxygen atoms in total. The Morgan fingerprint density at radius 3 is 2.24 bits per heavy atom. The first-order chi connectivity index (χ1) is 13.8. The molecule has 1 atom stereocenters. The van der Waals surface area contributed by atoms with Gasteiger partial charge in [-0.2, -0.15) is 0 Å². The monoisotopic (exact) mass is 398 g/mol. The van der Waals surface area contributed by atoms with Crippen molar-refractivity contribution in [2.45, 2.75) is 25.9 Å². The molecule has 3 rings (SSSR count). The largest absolute Gasteiger partial charge is 0.361 e. The molecule has 2 amide bonds. The van der Waals surface area contributed by atoms with Crippen molar-refractivity contribution in [3.05, 3.63) is 59.9 Å². The molecule has 6 heteroatoms. The lowest BCUT2D eigenvalue weighted by Gasteiger charge is -2.42. The normalized spacial score (nSPS) is 19.3. The van der Waals surface area contributed by atoms with E-state index in [1.165, 1.54) is 12.1 Å². The van der Waals surface area contributed by atoms with Crippen LogP contribution in [0.3, 0.4) is 0 Å². The molecule has 154 valence electrons. The standard InChI is InChI=1S/C23H27FN2O3/c1-16(2)21(27)26-12-13-29-23(15-26,22(28)25-3)14-17-4-6-18(7-5-17)19-8-10-20(24)11-9-19/h4-11,16H,12-15H2,1-3H3,(H,25,28)/t23-/m1/s1. The molecule has 0 aromatic heterocycles. The highest BCUT2D eigenvalue weighted by molar-refractivity contribution is 5.87. The number of hydrogen-bond donors (Lipinski definition) is 1. The van der Waals surface area contributed by atoms with Crippen molar-refractivity contribution in [2.75, 3.05) is 26.7 Å². The zero-order valence-corrected chi connectivity index (χ0v) is 17.1. The highest BCUT2D eigenvalue weighted by Gasteiger charge is 2.44. The second-order valence-corrected chi connectivity index (χ2v) is 7.72. The molecule has 0 saturated carbocycles. The Bertz CT molecular complexity index is 865. The van der Waals surface area contributed by atoms with Crippen LogP contribution in [0.15, 0.2) is 48.5 Å². The van der Waals surface area contributed by atoms with E-state index < -0.39 is 5.60 Å². The molecule has 1 aliphatic heterocycles. The Kier molecular flexibility index (Phi) is 6.33. The molecule has 29 heavy (non-hydrogen) atoms. The third-order valence-electron chi connectivity index (χ3n) is 5.25. The molecule has 1 heterocycles. The molecule has 1 aliphatic rings. The number of likely N-dealkylation sites (N-methyl/N-ethyl adjacent to an activating group) is 1. The summed E-state index contributed by atoms with van der Waals surface area (Å²) < 4.78 is 19.1. The quantitative estimate of drug-likeness (QED) is 0.842. The molecule has 1 fully saturated rings. The molecule has 0 bridgehead atoms. The Morgan fingerprint density at radius 2 is 1.69 bits per heavy atom. The van der Waals surface area contributed by atoms with Gasteiger partial charge >= 0.3 is 0 Å². The minimum Gasteiger partial charge on any atom is -0.361 e. The van der Waals surface area contributed by atoms with Crippen molar-refractivity contribution in [1.29, 1.82) is 0 Å². The summed E-state index contributed by atoms with van der Waals surface area (Å²) in [6.45, 7) is 4.74. The number of ether oxygens (including phenoxy) is 1. The van der Waals surface area contributed by atoms with Crippen LogP contribution >= 0.6 is 0 Å². The van der Waals surface area contributed by atoms with Gasteiger partial charge in [0.05, 0.1) is 13.2 Å². The van der Waals surface area contributed by atoms with Gasteiger partial charge in [0.1, 0.15) is 5.82 Å². The number of amides is 2. The van der Waals surface area contributed by atoms with Crippen molar-refractivity contribution >= 4 is 11.8 Å². The highest BCUT2D eigenvalue weighted by Crippen LogP contribution is 2.27. The summed E-state index contributed by atoms with van der Waals surface area (Å²) in [7, 11) is 1.58. The molecule has 0 unspecified atom stereocenters. The first kappa shape index (κ1) is 21.0. The summed E-state index contributed by atoms with van der Waals surface area (Å²) in [6, 6.07) is 14.1. The number of rotatable bonds is 5. The molecule has 0 aliphatic carbocycles. The lowest BCUT2D eigenvalue weighted by Crippen LogP contribution is -2.62. The van der Waals surface area contributed by atoms with Crippen LogP contribution in [-0.4, -0.2) is 49.1 Å². The van der Waals surface area contributed by atoms with E-state index in [2.05, 4.69) is 5.32 Å². The van der Waals surface area contributed by atoms with Crippen LogP contribution in [0.5, 0.6) is 0 Å². The molecular formula is C23H27FN2O3. The maximum Gasteiger partial charge on any atom is 0.254 e. The maximum atomic E-state index is 13.1. The van der Waals surface area contributed by atoms with Crippen LogP contribution in [0, 0.1) is 11.7 Å². The van der Waals surface area contributed by atoms with Gasteiger partial charge in [-0.05, 0) is 28.8 Å². The van der Waals surface area contributed by atoms with E-state index in [0.717, 1.165) is 16.7 Å². The number of halogens is 1. The summed E-state index contributed by atoms with van der Waals surface area (Å²) >= 11 is 0. The number of hydrogen-bond acceptors (Lipinski definition) is 3. The fourth-order valence-corrected chi connectivity index (χ4v) is 3.68. The van der Waals surface area contributed by atoms with Gasteiger partial charge in [-0.1, -0.05) is 50.2 Å². The molecule has 0 spiro atoms. The van der Waals surface area contributed by atoms with Crippen LogP contribution in [-0.2, 0) is 20.7 Å². The van der Waals surface area contributed by atoms with Crippen molar-refractivity contribution in [3.63, 3.8) is 0 Å². The molecular weight excluding hydrogens is 371 g/mol. The second kappa shape index (κ2) is 8.74. The van der Waals surface area contributed by atoms with E-state index in [-0.39, 0.29) is 30.1 Å². The van der Waals surface area contributed by atoms with E-state index in [4.69, 9.17) is 4.74 Å². The van der Waals surface area contributed by atoms with Crippen molar-refractivity contribution in [1.82, 2.24) is 10.2 Å². The van der Waals surface area contributed by atoms with Gasteiger partial charge in [0.2, 0.25) is 5.91 Å². The molecule has 2 aromatic carbocycles. The van der Waals surface area contributed by atoms with Gasteiger partial charge in [0.15, 0.2) is 5.60 Å². The van der Waals surface area contributed by atoms with E-state index in [9.17, 15) is 14.0 Å². The highest BCUT2D eigenvalue weighted by atomic mass is 19.1. The lowest BCUT2D eigenvalue weighted by atomic mass is 9.90. The lowest BCUT2D eigenvalue weighted by molar-refractivity contribution is -0.167. The number of nitrogens with zero attached hydrogens (tertiary/aromatic N) is 1. The maximum absolute atomic E-state index is 13.1. The van der Waals surface area contributed by atoms with E-state index in [0.29, 0.717) is 19.6 Å². The van der Waals surface area contributed by atoms with E-state index >= 15 is 0 Å². The van der Waals surface area contributed by atoms with Crippen molar-refractivity contribution in [2.24, 2.45) is 5.92 Å². The van der Waals surface area contributed by atoms with Crippen molar-refractivity contribution in [3.8, 4) is 11.1 Å². The van der Waals surface area contributed by atoms with Crippen LogP contribution in [0.1, 0.15) is 19.4 Å². The zero-order chi connectivity index (χ0) is 21.0. The molecule has 2 aromatic rings. The van der Waals surface area contributed by atoms with Gasteiger partial charge in [-0.25, -0.2) is 4.39 Å². The van der Waals surface area contributed by atoms with Crippen LogP contribution < -0.4 is 5.32 Å². The number of morpholine rings is 1. The summed E-state index contributed by atoms with van der Waals surface area (Å²) in [4.78, 5) is 26.9. The summed E-state index contributed by atoms with van der Waals surface area (Å²) in [5, 5.41) is 2.69. The Morgan fingerprint density at radius 1 is 1.10 bits per heavy atom. The van der Waals surface area contributed by atoms with Crippen LogP contribution in [0.25, 0.3) is 11.1 Å². The van der Waals surface area contributed by atoms with Crippen LogP contribution in [0.2, 0.25) is 0 Å². The number of carbonyl (C=O) groups is 2. The van der Waals surface area contributed by atoms with E-state index in [1.54, 1.807) is 24.1 Å². The van der Waals surface area contributed by atoms with Gasteiger partial charge < -0.3 is 15.0 Å². The van der Waals surface area contributed by atoms with Gasteiger partial charge in [0, 0.05) is 25.9 Å². The first-order valence-electron chi connectivity index (χ1n) is 9.84. The summed E-state index contributed by atoms with van der Waals surface area (Å²) in [5.74, 6) is -0.618. The molecule has 0 radical (unpaired) electrons. The average molecular weight is 398 g/mol. The summed E-state index contributed by atoms with van der Waals surface area (Å²) in [6.07, 6.45) is 0.359. The number of carbonyl (C=O) groups excluding carboxylic acids is 2. The zero-order valence-electron chi connectivity index (χ0n) is 17.1. The summed E-state index contributed by atoms with van der Waals surface area (Å²) in [5.41, 5.74) is 1.69. The Labute approximate surface area is 170 Å². The third-order valence-corrected chi connectivity index (χ3v) is 5.25. The van der Waals surface area contributed by atoms with Crippen LogP contribution in [0.4, 0.5) is 4.39 Å². The van der Waals surface area contributed by atoms with E-state index in [1.807, 2.05) is 38.1 Å². The third kappa shape index (κ3) is 4.65. The van der Waals surface area contributed by atoms with Gasteiger partial charge in [-0.3, -0.25) is 9.59 Å². The Hall–Kier alpha value is -2.73. The van der Waals surface area contributed by atoms with Gasteiger partial charge in [-0.15, -0.1) is 0 Å². The SMILES string of the molecule is CNC(=O)[C@@]1(Cc2ccc(-c3ccc(F)cc3)cc2)CN(C(=O)C(C)C)CCO1. The minimum absolute atomic E-state index is 0.0215. The predicted molar refractivity (Wildman–Crippen MR) is 110 cm³/mol. The molecule has 1 saturated heterocycles. The van der Waals surface area contributed by atoms with Crippen molar-refractivity contribution < 1.29 is 18.7 Å². The Balaban J connectivity index is 1.82. The molecule has 1 N–H and O–H groups in total. The number of benzene rings is 2. The fraction of sp³-hybridized carbons (Fsp3) is 0.391. The second-order valence-electron chi connectivity index (χ2n) is 7.72. The fourth-order valence-electron chi connectivity index (χ4n) is 3.68. The first-order valence-corrected chi connectivity index (χ1v) is 9.84. The topological polar surface area (TPSA) is 58.6 Å². The van der Waals surface area contributed by atoms with Gasteiger partial charge in [0.25, 0.3) is 5.91 Å². The average Bonchev–Trinajstić information content (AvgIpc) is 2.73. The minimum atomic E-state index is -1.12. The predicted octanol–water partition coefficient (Wildman–Crippen LogP) is 3.03. The smallest absolute Gasteiger partial charge is 0.254 e.